The number of hydrogen-bond donors (Lipinski definition) is 2. The first kappa shape index (κ1) is 35.4. The average Bonchev–Trinajstić information content (AvgIpc) is 3.11. The number of carbonyl (C=O) groups is 3. The zero-order valence-corrected chi connectivity index (χ0v) is 22.7. The summed E-state index contributed by atoms with van der Waals surface area (Å²) in [6.45, 7) is 5.78. The van der Waals surface area contributed by atoms with Crippen LogP contribution in [0.5, 0.6) is 0 Å². The molecule has 2 N–H and O–H groups in total. The highest BCUT2D eigenvalue weighted by atomic mass is 19.4. The fourth-order valence-electron chi connectivity index (χ4n) is 4.43. The minimum Gasteiger partial charge on any atom is -0.475 e. The molecule has 2 fully saturated rings. The zero-order chi connectivity index (χ0) is 32.3. The van der Waals surface area contributed by atoms with Crippen molar-refractivity contribution in [2.75, 3.05) is 39.4 Å². The molecule has 1 aromatic carbocycles. The number of pyridine rings is 1. The van der Waals surface area contributed by atoms with Gasteiger partial charge in [-0.25, -0.2) is 14.0 Å². The fourth-order valence-corrected chi connectivity index (χ4v) is 4.43. The lowest BCUT2D eigenvalue weighted by Gasteiger charge is -2.42. The van der Waals surface area contributed by atoms with Gasteiger partial charge in [0, 0.05) is 50.5 Å². The quantitative estimate of drug-likeness (QED) is 0.486. The summed E-state index contributed by atoms with van der Waals surface area (Å²) in [5.74, 6) is -5.73. The van der Waals surface area contributed by atoms with E-state index in [4.69, 9.17) is 24.5 Å². The molecule has 0 atom stereocenters. The van der Waals surface area contributed by atoms with E-state index < -0.39 is 24.3 Å². The number of benzene rings is 1. The maximum Gasteiger partial charge on any atom is 0.490 e. The van der Waals surface area contributed by atoms with Crippen LogP contribution in [0.15, 0.2) is 48.8 Å². The number of aliphatic carboxylic acids is 2. The number of likely N-dealkylation sites (tertiary alicyclic amines) is 1. The topological polar surface area (TPSA) is 120 Å². The van der Waals surface area contributed by atoms with E-state index in [0.29, 0.717) is 0 Å². The molecule has 43 heavy (non-hydrogen) atoms. The van der Waals surface area contributed by atoms with Gasteiger partial charge in [-0.3, -0.25) is 14.7 Å². The number of alkyl halides is 6. The molecule has 0 saturated carbocycles. The van der Waals surface area contributed by atoms with Crippen molar-refractivity contribution in [3.05, 3.63) is 65.7 Å². The Morgan fingerprint density at radius 2 is 1.44 bits per heavy atom. The summed E-state index contributed by atoms with van der Waals surface area (Å²) in [5, 5.41) is 14.2. The summed E-state index contributed by atoms with van der Waals surface area (Å²) in [4.78, 5) is 39.0. The Bertz CT molecular complexity index is 1180. The molecule has 1 spiro atoms. The van der Waals surface area contributed by atoms with Crippen molar-refractivity contribution < 1.29 is 60.1 Å². The largest absolute Gasteiger partial charge is 0.490 e. The van der Waals surface area contributed by atoms with E-state index in [2.05, 4.69) is 22.0 Å². The number of carbonyl (C=O) groups excluding carboxylic acids is 1. The lowest BCUT2D eigenvalue weighted by Crippen LogP contribution is -2.49. The Morgan fingerprint density at radius 3 is 1.95 bits per heavy atom. The van der Waals surface area contributed by atoms with Crippen molar-refractivity contribution >= 4 is 17.8 Å². The summed E-state index contributed by atoms with van der Waals surface area (Å²) in [5.41, 5.74) is 2.09. The highest BCUT2D eigenvalue weighted by Gasteiger charge is 2.40. The molecule has 0 unspecified atom stereocenters. The number of hydrogen-bond acceptors (Lipinski definition) is 6. The van der Waals surface area contributed by atoms with Crippen LogP contribution in [-0.4, -0.2) is 94.6 Å². The number of aromatic nitrogens is 1. The second-order valence-corrected chi connectivity index (χ2v) is 9.91. The standard InChI is InChI=1S/C23H28FN3O2.2C2HF3O2/c24-21-3-1-2-20(14-21)15-22(28)27-10-6-23(7-11-27)17-26(12-13-29-18-23)16-19-4-8-25-9-5-19;2*3-2(4,5)1(6)7/h1-5,8-9,14H,6-7,10-13,15-18H2;2*(H,6,7). The molecule has 9 nitrogen and oxygen atoms in total. The van der Waals surface area contributed by atoms with Gasteiger partial charge < -0.3 is 19.8 Å². The number of nitrogens with zero attached hydrogens (tertiary/aromatic N) is 3. The smallest absolute Gasteiger partial charge is 0.475 e. The van der Waals surface area contributed by atoms with Gasteiger partial charge in [-0.2, -0.15) is 26.3 Å². The summed E-state index contributed by atoms with van der Waals surface area (Å²) >= 11 is 0. The molecule has 0 radical (unpaired) electrons. The number of carboxylic acids is 2. The van der Waals surface area contributed by atoms with E-state index in [1.165, 1.54) is 17.7 Å². The van der Waals surface area contributed by atoms with Crippen LogP contribution in [-0.2, 0) is 32.1 Å². The van der Waals surface area contributed by atoms with Crippen LogP contribution in [0.25, 0.3) is 0 Å². The van der Waals surface area contributed by atoms with Crippen LogP contribution >= 0.6 is 0 Å². The molecule has 4 rings (SSSR count). The van der Waals surface area contributed by atoms with Gasteiger partial charge in [-0.05, 0) is 48.2 Å². The summed E-state index contributed by atoms with van der Waals surface area (Å²) < 4.78 is 82.8. The second-order valence-electron chi connectivity index (χ2n) is 9.91. The molecule has 0 bridgehead atoms. The molecule has 2 saturated heterocycles. The lowest BCUT2D eigenvalue weighted by molar-refractivity contribution is -0.193. The van der Waals surface area contributed by atoms with E-state index >= 15 is 0 Å². The van der Waals surface area contributed by atoms with E-state index in [1.807, 2.05) is 23.4 Å². The van der Waals surface area contributed by atoms with Crippen LogP contribution in [0.2, 0.25) is 0 Å². The molecule has 3 heterocycles. The minimum atomic E-state index is -5.08. The first-order chi connectivity index (χ1) is 20.0. The van der Waals surface area contributed by atoms with Crippen molar-refractivity contribution in [3.63, 3.8) is 0 Å². The maximum atomic E-state index is 13.4. The average molecular weight is 626 g/mol. The third kappa shape index (κ3) is 12.5. The molecular weight excluding hydrogens is 595 g/mol. The van der Waals surface area contributed by atoms with Gasteiger partial charge >= 0.3 is 24.3 Å². The van der Waals surface area contributed by atoms with Gasteiger partial charge in [0.2, 0.25) is 5.91 Å². The third-order valence-corrected chi connectivity index (χ3v) is 6.58. The molecule has 1 aromatic heterocycles. The highest BCUT2D eigenvalue weighted by molar-refractivity contribution is 5.79. The highest BCUT2D eigenvalue weighted by Crippen LogP contribution is 2.35. The SMILES string of the molecule is O=C(Cc1cccc(F)c1)N1CCC2(CC1)COCCN(Cc1ccncc1)C2.O=C(O)C(F)(F)F.O=C(O)C(F)(F)F. The van der Waals surface area contributed by atoms with Crippen molar-refractivity contribution in [2.45, 2.75) is 38.2 Å². The van der Waals surface area contributed by atoms with Crippen molar-refractivity contribution in [1.29, 1.82) is 0 Å². The first-order valence-corrected chi connectivity index (χ1v) is 12.8. The van der Waals surface area contributed by atoms with Crippen molar-refractivity contribution in [2.24, 2.45) is 5.41 Å². The number of carboxylic acid groups (broad SMARTS) is 2. The van der Waals surface area contributed by atoms with Crippen LogP contribution in [0.3, 0.4) is 0 Å². The van der Waals surface area contributed by atoms with Gasteiger partial charge in [0.15, 0.2) is 0 Å². The van der Waals surface area contributed by atoms with Gasteiger partial charge in [-0.15, -0.1) is 0 Å². The maximum absolute atomic E-state index is 13.4. The number of ether oxygens (including phenoxy) is 1. The number of amides is 1. The Kier molecular flexibility index (Phi) is 12.9. The number of rotatable bonds is 4. The fraction of sp³-hybridized carbons (Fsp3) is 0.481. The predicted molar refractivity (Wildman–Crippen MR) is 136 cm³/mol. The summed E-state index contributed by atoms with van der Waals surface area (Å²) in [7, 11) is 0. The van der Waals surface area contributed by atoms with E-state index in [0.717, 1.165) is 64.3 Å². The first-order valence-electron chi connectivity index (χ1n) is 12.8. The third-order valence-electron chi connectivity index (χ3n) is 6.58. The summed E-state index contributed by atoms with van der Waals surface area (Å²) in [6, 6.07) is 10.4. The van der Waals surface area contributed by atoms with Gasteiger partial charge in [0.1, 0.15) is 5.82 Å². The van der Waals surface area contributed by atoms with Gasteiger partial charge in [0.25, 0.3) is 0 Å². The van der Waals surface area contributed by atoms with E-state index in [-0.39, 0.29) is 23.6 Å². The monoisotopic (exact) mass is 625 g/mol. The molecule has 1 amide bonds. The molecule has 2 aliphatic heterocycles. The molecular formula is C27H30F7N3O6. The number of halogens is 7. The Morgan fingerprint density at radius 1 is 0.884 bits per heavy atom. The molecule has 0 aliphatic carbocycles. The van der Waals surface area contributed by atoms with Gasteiger partial charge in [0.05, 0.1) is 19.6 Å². The zero-order valence-electron chi connectivity index (χ0n) is 22.7. The van der Waals surface area contributed by atoms with E-state index in [9.17, 15) is 35.5 Å². The van der Waals surface area contributed by atoms with Crippen LogP contribution in [0.1, 0.15) is 24.0 Å². The van der Waals surface area contributed by atoms with Crippen LogP contribution in [0.4, 0.5) is 30.7 Å². The van der Waals surface area contributed by atoms with Gasteiger partial charge in [-0.1, -0.05) is 12.1 Å². The normalized spacial score (nSPS) is 17.0. The molecule has 16 heteroatoms. The Balaban J connectivity index is 0.000000384. The molecule has 238 valence electrons. The second kappa shape index (κ2) is 15.6. The predicted octanol–water partition coefficient (Wildman–Crippen LogP) is 4.17. The van der Waals surface area contributed by atoms with Crippen molar-refractivity contribution in [3.8, 4) is 0 Å². The lowest BCUT2D eigenvalue weighted by atomic mass is 9.78. The minimum absolute atomic E-state index is 0.0774. The Hall–Kier alpha value is -3.79. The van der Waals surface area contributed by atoms with Crippen LogP contribution < -0.4 is 0 Å². The number of piperidine rings is 1. The Labute approximate surface area is 241 Å². The van der Waals surface area contributed by atoms with E-state index in [1.54, 1.807) is 6.07 Å². The van der Waals surface area contributed by atoms with Crippen LogP contribution in [0, 0.1) is 11.2 Å². The van der Waals surface area contributed by atoms with Crippen molar-refractivity contribution in [1.82, 2.24) is 14.8 Å². The molecule has 2 aliphatic rings. The summed E-state index contributed by atoms with van der Waals surface area (Å²) in [6.07, 6.45) is -4.36. The molecule has 2 aromatic rings.